The van der Waals surface area contributed by atoms with E-state index in [1.165, 1.54) is 16.5 Å². The zero-order valence-electron chi connectivity index (χ0n) is 12.3. The first-order valence-electron chi connectivity index (χ1n) is 6.96. The lowest BCUT2D eigenvalue weighted by Crippen LogP contribution is -1.88. The quantitative estimate of drug-likeness (QED) is 0.455. The van der Waals surface area contributed by atoms with Crippen molar-refractivity contribution in [1.82, 2.24) is 0 Å². The zero-order valence-corrected chi connectivity index (χ0v) is 13.3. The van der Waals surface area contributed by atoms with E-state index in [1.807, 2.05) is 12.1 Å². The summed E-state index contributed by atoms with van der Waals surface area (Å²) in [5.74, 6) is 2.23. The molecule has 0 bridgehead atoms. The molecule has 0 saturated carbocycles. The van der Waals surface area contributed by atoms with E-state index in [1.54, 1.807) is 0 Å². The van der Waals surface area contributed by atoms with Crippen LogP contribution in [-0.2, 0) is 0 Å². The van der Waals surface area contributed by atoms with Crippen LogP contribution in [0.2, 0.25) is 0 Å². The third-order valence-corrected chi connectivity index (χ3v) is 3.76. The van der Waals surface area contributed by atoms with Gasteiger partial charge in [0.1, 0.15) is 0 Å². The molecule has 20 heavy (non-hydrogen) atoms. The highest BCUT2D eigenvalue weighted by molar-refractivity contribution is 7.50. The average Bonchev–Trinajstić information content (AvgIpc) is 2.49. The molecule has 1 aromatic rings. The summed E-state index contributed by atoms with van der Waals surface area (Å²) in [6, 6.07) is 10.5. The van der Waals surface area contributed by atoms with Crippen LogP contribution in [-0.4, -0.2) is 0 Å². The van der Waals surface area contributed by atoms with Crippen molar-refractivity contribution < 1.29 is 0 Å². The third-order valence-electron chi connectivity index (χ3n) is 2.76. The second kappa shape index (κ2) is 10.2. The van der Waals surface area contributed by atoms with E-state index in [0.29, 0.717) is 8.58 Å². The summed E-state index contributed by atoms with van der Waals surface area (Å²) in [5.41, 5.74) is 2.44. The summed E-state index contributed by atoms with van der Waals surface area (Å²) in [4.78, 5) is 0. The number of benzene rings is 1. The van der Waals surface area contributed by atoms with E-state index in [-0.39, 0.29) is 0 Å². The van der Waals surface area contributed by atoms with Gasteiger partial charge in [0.25, 0.3) is 0 Å². The fourth-order valence-electron chi connectivity index (χ4n) is 1.74. The minimum Gasteiger partial charge on any atom is -0.0990 e. The highest BCUT2D eigenvalue weighted by Gasteiger charge is 1.96. The van der Waals surface area contributed by atoms with Gasteiger partial charge in [-0.3, -0.25) is 0 Å². The second-order valence-electron chi connectivity index (χ2n) is 4.26. The summed E-state index contributed by atoms with van der Waals surface area (Å²) >= 11 is 0. The van der Waals surface area contributed by atoms with E-state index in [2.05, 4.69) is 80.9 Å². The van der Waals surface area contributed by atoms with Crippen LogP contribution in [0.3, 0.4) is 0 Å². The maximum atomic E-state index is 3.80. The molecular formula is C19H23P. The summed E-state index contributed by atoms with van der Waals surface area (Å²) < 4.78 is 0. The Kier molecular flexibility index (Phi) is 8.35. The van der Waals surface area contributed by atoms with Gasteiger partial charge in [0.15, 0.2) is 0 Å². The molecule has 0 fully saturated rings. The lowest BCUT2D eigenvalue weighted by Gasteiger charge is -2.03. The van der Waals surface area contributed by atoms with Gasteiger partial charge in [-0.05, 0) is 29.8 Å². The van der Waals surface area contributed by atoms with Gasteiger partial charge in [0.2, 0.25) is 0 Å². The fourth-order valence-corrected chi connectivity index (χ4v) is 2.58. The maximum absolute atomic E-state index is 3.80. The summed E-state index contributed by atoms with van der Waals surface area (Å²) in [6.07, 6.45) is 13.6. The fraction of sp³-hybridized carbons (Fsp3) is 0.158. The van der Waals surface area contributed by atoms with Gasteiger partial charge in [0.05, 0.1) is 0 Å². The number of rotatable bonds is 7. The molecule has 1 heteroatoms. The van der Waals surface area contributed by atoms with E-state index < -0.39 is 0 Å². The van der Waals surface area contributed by atoms with Crippen molar-refractivity contribution in [3.63, 3.8) is 0 Å². The highest BCUT2D eigenvalue weighted by atomic mass is 31.1. The van der Waals surface area contributed by atoms with Crippen LogP contribution in [0.1, 0.15) is 20.3 Å². The van der Waals surface area contributed by atoms with Crippen molar-refractivity contribution in [1.29, 1.82) is 0 Å². The van der Waals surface area contributed by atoms with Gasteiger partial charge in [-0.15, -0.1) is 0 Å². The molecule has 1 unspecified atom stereocenters. The van der Waals surface area contributed by atoms with Crippen LogP contribution >= 0.6 is 8.58 Å². The number of allylic oxidation sites excluding steroid dienone is 8. The smallest absolute Gasteiger partial charge is 0.0187 e. The highest BCUT2D eigenvalue weighted by Crippen LogP contribution is 2.18. The predicted octanol–water partition coefficient (Wildman–Crippen LogP) is 5.53. The van der Waals surface area contributed by atoms with Crippen LogP contribution < -0.4 is 5.30 Å². The van der Waals surface area contributed by atoms with Gasteiger partial charge < -0.3 is 0 Å². The standard InChI is InChI=1S/C19H23P/c1-4-7-12-17(6-3)18(11-5-2)15-16-20-19-13-9-8-10-14-19/h5-16,20H,2,4H2,1,3H3/b12-7-,16-15+,17-6+,18-11+. The van der Waals surface area contributed by atoms with E-state index in [4.69, 9.17) is 0 Å². The zero-order chi connectivity index (χ0) is 14.6. The first-order chi connectivity index (χ1) is 9.81. The SMILES string of the molecule is C=C/C=C(\C=C\Pc1ccccc1)C(/C=C\CC)=C/C. The van der Waals surface area contributed by atoms with E-state index in [9.17, 15) is 0 Å². The molecule has 104 valence electrons. The molecule has 0 aliphatic heterocycles. The third kappa shape index (κ3) is 5.99. The van der Waals surface area contributed by atoms with Crippen LogP contribution in [0.5, 0.6) is 0 Å². The van der Waals surface area contributed by atoms with Crippen LogP contribution in [0.25, 0.3) is 0 Å². The van der Waals surface area contributed by atoms with Crippen LogP contribution in [0, 0.1) is 0 Å². The van der Waals surface area contributed by atoms with Gasteiger partial charge in [-0.2, -0.15) is 0 Å². The molecule has 0 aliphatic carbocycles. The first kappa shape index (κ1) is 16.4. The normalized spacial score (nSPS) is 13.9. The van der Waals surface area contributed by atoms with Gasteiger partial charge >= 0.3 is 0 Å². The monoisotopic (exact) mass is 282 g/mol. The molecule has 0 heterocycles. The second-order valence-corrected chi connectivity index (χ2v) is 5.46. The van der Waals surface area contributed by atoms with Crippen LogP contribution in [0.15, 0.2) is 90.3 Å². The average molecular weight is 282 g/mol. The van der Waals surface area contributed by atoms with Crippen molar-refractivity contribution >= 4 is 13.9 Å². The molecule has 0 radical (unpaired) electrons. The van der Waals surface area contributed by atoms with E-state index >= 15 is 0 Å². The summed E-state index contributed by atoms with van der Waals surface area (Å²) in [7, 11) is 0.691. The minimum absolute atomic E-state index is 0.691. The lowest BCUT2D eigenvalue weighted by molar-refractivity contribution is 1.22. The van der Waals surface area contributed by atoms with Crippen molar-refractivity contribution in [3.05, 3.63) is 90.3 Å². The largest absolute Gasteiger partial charge is 0.0990 e. The number of hydrogen-bond donors (Lipinski definition) is 0. The molecule has 1 rings (SSSR count). The van der Waals surface area contributed by atoms with E-state index in [0.717, 1.165) is 6.42 Å². The molecule has 0 aromatic heterocycles. The Balaban J connectivity index is 2.80. The Morgan fingerprint density at radius 2 is 1.90 bits per heavy atom. The maximum Gasteiger partial charge on any atom is -0.0187 e. The Morgan fingerprint density at radius 3 is 2.50 bits per heavy atom. The number of hydrogen-bond acceptors (Lipinski definition) is 0. The van der Waals surface area contributed by atoms with Gasteiger partial charge in [0, 0.05) is 0 Å². The molecule has 1 aromatic carbocycles. The first-order valence-corrected chi connectivity index (χ1v) is 8.03. The summed E-state index contributed by atoms with van der Waals surface area (Å²) in [5, 5.41) is 1.35. The van der Waals surface area contributed by atoms with Crippen molar-refractivity contribution in [2.24, 2.45) is 0 Å². The molecule has 0 N–H and O–H groups in total. The Morgan fingerprint density at radius 1 is 1.15 bits per heavy atom. The molecule has 0 amide bonds. The van der Waals surface area contributed by atoms with Crippen molar-refractivity contribution in [2.75, 3.05) is 0 Å². The molecule has 1 atom stereocenters. The molecular weight excluding hydrogens is 259 g/mol. The van der Waals surface area contributed by atoms with Crippen molar-refractivity contribution in [3.8, 4) is 0 Å². The predicted molar refractivity (Wildman–Crippen MR) is 95.0 cm³/mol. The van der Waals surface area contributed by atoms with Crippen LogP contribution in [0.4, 0.5) is 0 Å². The Labute approximate surface area is 125 Å². The lowest BCUT2D eigenvalue weighted by atomic mass is 10.0. The van der Waals surface area contributed by atoms with Crippen molar-refractivity contribution in [2.45, 2.75) is 20.3 Å². The molecule has 0 spiro atoms. The summed E-state index contributed by atoms with van der Waals surface area (Å²) in [6.45, 7) is 8.02. The van der Waals surface area contributed by atoms with Gasteiger partial charge in [-0.25, -0.2) is 0 Å². The molecule has 0 saturated heterocycles. The Hall–Kier alpha value is -1.65. The topological polar surface area (TPSA) is 0 Å². The molecule has 0 aliphatic rings. The Bertz CT molecular complexity index is 516. The molecule has 0 nitrogen and oxygen atoms in total. The van der Waals surface area contributed by atoms with Gasteiger partial charge in [-0.1, -0.05) is 94.7 Å². The minimum atomic E-state index is 0.691.